The maximum absolute atomic E-state index is 14.3. The summed E-state index contributed by atoms with van der Waals surface area (Å²) in [5.74, 6) is -0.763. The number of hydrogen-bond acceptors (Lipinski definition) is 9. The maximum Gasteiger partial charge on any atom is 0.226 e. The molecule has 52 heavy (non-hydrogen) atoms. The number of amides is 2. The summed E-state index contributed by atoms with van der Waals surface area (Å²) in [6.45, 7) is 14.2. The van der Waals surface area contributed by atoms with Crippen molar-refractivity contribution in [2.75, 3.05) is 27.8 Å². The number of ether oxygens (including phenoxy) is 2. The smallest absolute Gasteiger partial charge is 0.226 e. The highest BCUT2D eigenvalue weighted by molar-refractivity contribution is 7.80. The van der Waals surface area contributed by atoms with Crippen molar-refractivity contribution in [1.82, 2.24) is 14.8 Å². The van der Waals surface area contributed by atoms with Crippen molar-refractivity contribution in [3.8, 4) is 0 Å². The van der Waals surface area contributed by atoms with Crippen molar-refractivity contribution in [2.45, 2.75) is 129 Å². The third-order valence-corrected chi connectivity index (χ3v) is 12.6. The lowest BCUT2D eigenvalue weighted by Crippen LogP contribution is -2.54. The van der Waals surface area contributed by atoms with E-state index in [4.69, 9.17) is 27.4 Å². The summed E-state index contributed by atoms with van der Waals surface area (Å²) in [5.41, 5.74) is 6.33. The third-order valence-electron chi connectivity index (χ3n) is 11.2. The third kappa shape index (κ3) is 11.5. The lowest BCUT2D eigenvalue weighted by Gasteiger charge is -2.41. The number of thiazole rings is 1. The Morgan fingerprint density at radius 3 is 2.29 bits per heavy atom. The summed E-state index contributed by atoms with van der Waals surface area (Å²) in [6.07, 6.45) is 5.27. The molecule has 3 rings (SSSR count). The van der Waals surface area contributed by atoms with Gasteiger partial charge in [-0.1, -0.05) is 83.6 Å². The molecule has 9 nitrogen and oxygen atoms in total. The summed E-state index contributed by atoms with van der Waals surface area (Å²) in [6, 6.07) is 9.94. The van der Waals surface area contributed by atoms with Crippen LogP contribution in [0.4, 0.5) is 0 Å². The average Bonchev–Trinajstić information content (AvgIpc) is 3.83. The molecule has 1 saturated heterocycles. The Hall–Kier alpha value is -2.57. The molecule has 1 aliphatic heterocycles. The van der Waals surface area contributed by atoms with Gasteiger partial charge in [-0.2, -0.15) is 0 Å². The van der Waals surface area contributed by atoms with Gasteiger partial charge in [-0.3, -0.25) is 14.4 Å². The number of rotatable bonds is 21. The Balaban J connectivity index is 1.78. The number of nitrogens with zero attached hydrogens (tertiary/aromatic N) is 3. The first kappa shape index (κ1) is 43.8. The summed E-state index contributed by atoms with van der Waals surface area (Å²) in [4.78, 5) is 50.6. The van der Waals surface area contributed by atoms with E-state index in [1.165, 1.54) is 5.56 Å². The summed E-state index contributed by atoms with van der Waals surface area (Å²) < 4.78 is 12.2. The molecule has 1 fully saturated rings. The predicted octanol–water partition coefficient (Wildman–Crippen LogP) is 7.12. The van der Waals surface area contributed by atoms with Crippen molar-refractivity contribution in [2.24, 2.45) is 29.4 Å². The second-order valence-corrected chi connectivity index (χ2v) is 17.2. The second-order valence-electron chi connectivity index (χ2n) is 15.7. The van der Waals surface area contributed by atoms with Crippen LogP contribution in [0.15, 0.2) is 41.9 Å². The average molecular weight is 757 g/mol. The molecular formula is C41H64N4O5S2. The van der Waals surface area contributed by atoms with Gasteiger partial charge in [-0.25, -0.2) is 4.98 Å². The molecule has 290 valence electrons. The Kier molecular flexibility index (Phi) is 17.0. The second kappa shape index (κ2) is 20.2. The number of carbonyl (C=O) groups excluding carboxylic acids is 3. The highest BCUT2D eigenvalue weighted by Gasteiger charge is 2.43. The van der Waals surface area contributed by atoms with Crippen LogP contribution in [0.5, 0.6) is 0 Å². The summed E-state index contributed by atoms with van der Waals surface area (Å²) in [7, 11) is 5.11. The van der Waals surface area contributed by atoms with Crippen LogP contribution in [-0.2, 0) is 30.3 Å². The number of benzene rings is 1. The predicted molar refractivity (Wildman–Crippen MR) is 215 cm³/mol. The van der Waals surface area contributed by atoms with Crippen LogP contribution < -0.4 is 5.73 Å². The van der Waals surface area contributed by atoms with Gasteiger partial charge < -0.3 is 25.0 Å². The minimum atomic E-state index is -1.03. The molecule has 2 heterocycles. The van der Waals surface area contributed by atoms with Gasteiger partial charge in [0, 0.05) is 63.6 Å². The van der Waals surface area contributed by atoms with Crippen molar-refractivity contribution in [3.05, 3.63) is 52.5 Å². The monoisotopic (exact) mass is 756 g/mol. The number of Topliss-reactive ketones (excluding diaryl/α,β-unsaturated/α-hetero) is 1. The Bertz CT molecular complexity index is 1430. The lowest BCUT2D eigenvalue weighted by atomic mass is 9.83. The first-order valence-corrected chi connectivity index (χ1v) is 20.2. The van der Waals surface area contributed by atoms with Gasteiger partial charge in [-0.15, -0.1) is 11.3 Å². The van der Waals surface area contributed by atoms with Gasteiger partial charge in [0.15, 0.2) is 5.78 Å². The molecule has 0 unspecified atom stereocenters. The van der Waals surface area contributed by atoms with E-state index in [1.54, 1.807) is 51.4 Å². The molecule has 1 aromatic heterocycles. The first-order chi connectivity index (χ1) is 24.5. The largest absolute Gasteiger partial charge is 0.379 e. The highest BCUT2D eigenvalue weighted by atomic mass is 32.1. The fraction of sp³-hybridized carbons (Fsp3) is 0.683. The standard InChI is InChI=1S/C41H64N4O5S2/c1-11-27(4)37(44(8)40(48)31(26(2)3)24-35(46)41(6,7)42)33(49-9)25-36(47)45-20-15-18-32(45)38(50-10)28(5)34(51)23-30(39-43-19-21-52-39)22-29-16-13-12-14-17-29/h12-14,16-17,19,21,26-28,30-33,37-38H,11,15,18,20,22-25,42H2,1-10H3/t27-,28-,30+,31-,32-,33+,37-,38+/m0/s1. The topological polar surface area (TPSA) is 115 Å². The fourth-order valence-electron chi connectivity index (χ4n) is 7.68. The number of hydrogen-bond donors (Lipinski definition) is 1. The number of thiocarbonyl (C=S) groups is 1. The number of aromatic nitrogens is 1. The van der Waals surface area contributed by atoms with Crippen molar-refractivity contribution in [3.63, 3.8) is 0 Å². The van der Waals surface area contributed by atoms with Crippen molar-refractivity contribution < 1.29 is 23.9 Å². The van der Waals surface area contributed by atoms with Gasteiger partial charge in [0.1, 0.15) is 0 Å². The number of likely N-dealkylation sites (N-methyl/N-ethyl adjacent to an activating group) is 1. The van der Waals surface area contributed by atoms with Crippen LogP contribution in [0.1, 0.15) is 103 Å². The van der Waals surface area contributed by atoms with E-state index in [9.17, 15) is 14.4 Å². The number of ketones is 1. The zero-order valence-electron chi connectivity index (χ0n) is 33.2. The van der Waals surface area contributed by atoms with Crippen LogP contribution >= 0.6 is 23.6 Å². The van der Waals surface area contributed by atoms with Crippen LogP contribution in [0, 0.1) is 23.7 Å². The highest BCUT2D eigenvalue weighted by Crippen LogP contribution is 2.34. The molecule has 0 bridgehead atoms. The van der Waals surface area contributed by atoms with Gasteiger partial charge in [-0.05, 0) is 61.8 Å². The van der Waals surface area contributed by atoms with Crippen LogP contribution in [0.25, 0.3) is 0 Å². The summed E-state index contributed by atoms with van der Waals surface area (Å²) in [5, 5.41) is 3.09. The summed E-state index contributed by atoms with van der Waals surface area (Å²) >= 11 is 7.80. The molecule has 2 N–H and O–H groups in total. The SMILES string of the molecule is CC[C@H](C)[C@@H]([C@@H](CC(=O)N1CCC[C@H]1[C@H](OC)[C@@H](C)C(=S)C[C@@H](Cc1ccccc1)c1nccs1)OC)N(C)C(=O)[C@@H](CC(=O)C(C)(C)N)C(C)C. The molecule has 2 aromatic rings. The Labute approximate surface area is 322 Å². The number of likely N-dealkylation sites (tertiary alicyclic amines) is 1. The lowest BCUT2D eigenvalue weighted by molar-refractivity contribution is -0.148. The van der Waals surface area contributed by atoms with Crippen molar-refractivity contribution in [1.29, 1.82) is 0 Å². The van der Waals surface area contributed by atoms with Crippen LogP contribution in [0.2, 0.25) is 0 Å². The molecular weight excluding hydrogens is 693 g/mol. The van der Waals surface area contributed by atoms with E-state index < -0.39 is 17.6 Å². The Morgan fingerprint density at radius 2 is 1.75 bits per heavy atom. The van der Waals surface area contributed by atoms with Crippen LogP contribution in [-0.4, -0.2) is 94.9 Å². The van der Waals surface area contributed by atoms with E-state index in [2.05, 4.69) is 50.0 Å². The van der Waals surface area contributed by atoms with Gasteiger partial charge >= 0.3 is 0 Å². The van der Waals surface area contributed by atoms with E-state index in [0.29, 0.717) is 13.0 Å². The molecule has 0 saturated carbocycles. The molecule has 11 heteroatoms. The van der Waals surface area contributed by atoms with E-state index in [-0.39, 0.29) is 72.3 Å². The minimum absolute atomic E-state index is 0.0196. The van der Waals surface area contributed by atoms with Gasteiger partial charge in [0.05, 0.1) is 41.3 Å². The van der Waals surface area contributed by atoms with Gasteiger partial charge in [0.2, 0.25) is 11.8 Å². The normalized spacial score (nSPS) is 19.1. The Morgan fingerprint density at radius 1 is 1.08 bits per heavy atom. The number of nitrogens with two attached hydrogens (primary N) is 1. The van der Waals surface area contributed by atoms with E-state index in [1.807, 2.05) is 36.4 Å². The molecule has 1 aromatic carbocycles. The first-order valence-electron chi connectivity index (χ1n) is 18.9. The molecule has 0 aliphatic carbocycles. The molecule has 0 radical (unpaired) electrons. The van der Waals surface area contributed by atoms with E-state index >= 15 is 0 Å². The molecule has 2 amide bonds. The van der Waals surface area contributed by atoms with Crippen molar-refractivity contribution >= 4 is 46.0 Å². The van der Waals surface area contributed by atoms with E-state index in [0.717, 1.165) is 35.6 Å². The molecule has 1 aliphatic rings. The molecule has 0 spiro atoms. The fourth-order valence-corrected chi connectivity index (χ4v) is 8.76. The van der Waals surface area contributed by atoms with Gasteiger partial charge in [0.25, 0.3) is 0 Å². The minimum Gasteiger partial charge on any atom is -0.379 e. The molecule has 8 atom stereocenters. The van der Waals surface area contributed by atoms with Crippen LogP contribution in [0.3, 0.4) is 0 Å². The zero-order chi connectivity index (χ0) is 38.7. The zero-order valence-corrected chi connectivity index (χ0v) is 34.8. The number of methoxy groups -OCH3 is 2. The maximum atomic E-state index is 14.3. The quantitative estimate of drug-likeness (QED) is 0.134. The number of carbonyl (C=O) groups is 3.